The zero-order chi connectivity index (χ0) is 14.9. The van der Waals surface area contributed by atoms with Gasteiger partial charge >= 0.3 is 5.97 Å². The first-order valence-corrected chi connectivity index (χ1v) is 6.64. The van der Waals surface area contributed by atoms with E-state index in [0.29, 0.717) is 26.9 Å². The molecule has 0 amide bonds. The van der Waals surface area contributed by atoms with Crippen molar-refractivity contribution in [1.29, 1.82) is 0 Å². The summed E-state index contributed by atoms with van der Waals surface area (Å²) in [6.45, 7) is 0. The van der Waals surface area contributed by atoms with Crippen LogP contribution < -0.4 is 5.73 Å². The van der Waals surface area contributed by atoms with E-state index in [2.05, 4.69) is 4.98 Å². The Hall–Kier alpha value is -1.49. The van der Waals surface area contributed by atoms with Gasteiger partial charge in [0, 0.05) is 5.56 Å². The highest BCUT2D eigenvalue weighted by molar-refractivity contribution is 6.48. The SMILES string of the molecule is Nc1nc(CC(=O)O)ccc1-c1cc(Cl)c(Cl)c(Cl)c1. The lowest BCUT2D eigenvalue weighted by atomic mass is 10.1. The highest BCUT2D eigenvalue weighted by Crippen LogP contribution is 2.36. The molecule has 0 bridgehead atoms. The smallest absolute Gasteiger partial charge is 0.309 e. The third kappa shape index (κ3) is 3.15. The fourth-order valence-corrected chi connectivity index (χ4v) is 2.32. The molecule has 0 atom stereocenters. The van der Waals surface area contributed by atoms with Crippen LogP contribution in [0, 0.1) is 0 Å². The Morgan fingerprint density at radius 1 is 1.20 bits per heavy atom. The first kappa shape index (κ1) is 14.9. The van der Waals surface area contributed by atoms with Gasteiger partial charge in [-0.15, -0.1) is 0 Å². The van der Waals surface area contributed by atoms with E-state index in [0.717, 1.165) is 0 Å². The molecule has 20 heavy (non-hydrogen) atoms. The molecule has 1 aromatic carbocycles. The van der Waals surface area contributed by atoms with Crippen LogP contribution >= 0.6 is 34.8 Å². The van der Waals surface area contributed by atoms with Crippen molar-refractivity contribution in [3.05, 3.63) is 45.0 Å². The van der Waals surface area contributed by atoms with Gasteiger partial charge in [0.05, 0.1) is 27.2 Å². The van der Waals surface area contributed by atoms with E-state index < -0.39 is 5.97 Å². The van der Waals surface area contributed by atoms with Crippen LogP contribution in [-0.4, -0.2) is 16.1 Å². The Labute approximate surface area is 130 Å². The van der Waals surface area contributed by atoms with Crippen molar-refractivity contribution in [2.24, 2.45) is 0 Å². The Morgan fingerprint density at radius 3 is 2.30 bits per heavy atom. The van der Waals surface area contributed by atoms with Gasteiger partial charge in [0.2, 0.25) is 0 Å². The molecule has 0 unspecified atom stereocenters. The van der Waals surface area contributed by atoms with E-state index in [4.69, 9.17) is 45.6 Å². The number of hydrogen-bond acceptors (Lipinski definition) is 3. The average Bonchev–Trinajstić information content (AvgIpc) is 2.34. The van der Waals surface area contributed by atoms with Gasteiger partial charge in [-0.05, 0) is 29.8 Å². The van der Waals surface area contributed by atoms with Crippen molar-refractivity contribution in [1.82, 2.24) is 4.98 Å². The number of benzene rings is 1. The standard InChI is InChI=1S/C13H9Cl3N2O2/c14-9-3-6(4-10(15)12(9)16)8-2-1-7(5-11(19)20)18-13(8)17/h1-4H,5H2,(H2,17,18)(H,19,20). The molecule has 104 valence electrons. The van der Waals surface area contributed by atoms with Crippen LogP contribution in [0.3, 0.4) is 0 Å². The number of nitrogen functional groups attached to an aromatic ring is 1. The fraction of sp³-hybridized carbons (Fsp3) is 0.0769. The Bertz CT molecular complexity index is 666. The molecule has 0 saturated carbocycles. The molecule has 0 aliphatic heterocycles. The van der Waals surface area contributed by atoms with Crippen LogP contribution in [0.2, 0.25) is 15.1 Å². The number of hydrogen-bond donors (Lipinski definition) is 2. The summed E-state index contributed by atoms with van der Waals surface area (Å²) in [5, 5.41) is 9.60. The second-order valence-corrected chi connectivity index (χ2v) is 5.25. The number of carboxylic acid groups (broad SMARTS) is 1. The van der Waals surface area contributed by atoms with Gasteiger partial charge in [-0.2, -0.15) is 0 Å². The van der Waals surface area contributed by atoms with Crippen molar-refractivity contribution < 1.29 is 9.90 Å². The molecular weight excluding hydrogens is 323 g/mol. The number of nitrogens with zero attached hydrogens (tertiary/aromatic N) is 1. The van der Waals surface area contributed by atoms with Crippen LogP contribution in [-0.2, 0) is 11.2 Å². The minimum Gasteiger partial charge on any atom is -0.481 e. The fourth-order valence-electron chi connectivity index (χ4n) is 1.73. The summed E-state index contributed by atoms with van der Waals surface area (Å²) in [4.78, 5) is 14.7. The zero-order valence-electron chi connectivity index (χ0n) is 10.0. The van der Waals surface area contributed by atoms with Crippen LogP contribution in [0.4, 0.5) is 5.82 Å². The first-order valence-electron chi connectivity index (χ1n) is 5.50. The molecule has 2 aromatic rings. The molecule has 0 aliphatic rings. The summed E-state index contributed by atoms with van der Waals surface area (Å²) in [7, 11) is 0. The second kappa shape index (κ2) is 5.87. The lowest BCUT2D eigenvalue weighted by Crippen LogP contribution is -2.04. The number of nitrogens with two attached hydrogens (primary N) is 1. The largest absolute Gasteiger partial charge is 0.481 e. The summed E-state index contributed by atoms with van der Waals surface area (Å²) < 4.78 is 0. The molecule has 0 radical (unpaired) electrons. The monoisotopic (exact) mass is 330 g/mol. The van der Waals surface area contributed by atoms with Gasteiger partial charge in [-0.1, -0.05) is 34.8 Å². The molecule has 0 fully saturated rings. The summed E-state index contributed by atoms with van der Waals surface area (Å²) in [6, 6.07) is 6.52. The van der Waals surface area contributed by atoms with Gasteiger partial charge in [-0.25, -0.2) is 4.98 Å². The maximum absolute atomic E-state index is 10.6. The highest BCUT2D eigenvalue weighted by atomic mass is 35.5. The van der Waals surface area contributed by atoms with Crippen LogP contribution in [0.15, 0.2) is 24.3 Å². The molecule has 2 rings (SSSR count). The molecule has 1 aromatic heterocycles. The van der Waals surface area contributed by atoms with Crippen molar-refractivity contribution in [2.45, 2.75) is 6.42 Å². The predicted molar refractivity (Wildman–Crippen MR) is 80.5 cm³/mol. The van der Waals surface area contributed by atoms with Crippen LogP contribution in [0.5, 0.6) is 0 Å². The van der Waals surface area contributed by atoms with Gasteiger partial charge in [0.1, 0.15) is 5.82 Å². The van der Waals surface area contributed by atoms with Crippen molar-refractivity contribution in [2.75, 3.05) is 5.73 Å². The Balaban J connectivity index is 2.46. The summed E-state index contributed by atoms with van der Waals surface area (Å²) in [6.07, 6.45) is -0.188. The molecule has 1 heterocycles. The van der Waals surface area contributed by atoms with Crippen molar-refractivity contribution in [3.63, 3.8) is 0 Å². The molecule has 0 spiro atoms. The lowest BCUT2D eigenvalue weighted by Gasteiger charge is -2.09. The minimum atomic E-state index is -0.970. The van der Waals surface area contributed by atoms with E-state index in [1.165, 1.54) is 0 Å². The van der Waals surface area contributed by atoms with Gasteiger partial charge < -0.3 is 10.8 Å². The van der Waals surface area contributed by atoms with Crippen LogP contribution in [0.25, 0.3) is 11.1 Å². The third-order valence-electron chi connectivity index (χ3n) is 2.61. The average molecular weight is 332 g/mol. The zero-order valence-corrected chi connectivity index (χ0v) is 12.3. The van der Waals surface area contributed by atoms with Crippen LogP contribution in [0.1, 0.15) is 5.69 Å². The second-order valence-electron chi connectivity index (χ2n) is 4.06. The molecule has 7 heteroatoms. The summed E-state index contributed by atoms with van der Waals surface area (Å²) >= 11 is 17.8. The number of anilines is 1. The Kier molecular flexibility index (Phi) is 4.38. The van der Waals surface area contributed by atoms with Gasteiger partial charge in [-0.3, -0.25) is 4.79 Å². The Morgan fingerprint density at radius 2 is 1.80 bits per heavy atom. The number of carbonyl (C=O) groups is 1. The maximum Gasteiger partial charge on any atom is 0.309 e. The predicted octanol–water partition coefficient (Wildman–Crippen LogP) is 3.92. The number of pyridine rings is 1. The first-order chi connectivity index (χ1) is 9.38. The third-order valence-corrected chi connectivity index (χ3v) is 3.81. The molecule has 3 N–H and O–H groups in total. The number of rotatable bonds is 3. The number of aliphatic carboxylic acids is 1. The summed E-state index contributed by atoms with van der Waals surface area (Å²) in [5.74, 6) is -0.763. The normalized spacial score (nSPS) is 10.6. The minimum absolute atomic E-state index is 0.188. The number of aromatic nitrogens is 1. The molecular formula is C13H9Cl3N2O2. The molecule has 4 nitrogen and oxygen atoms in total. The molecule has 0 aliphatic carbocycles. The van der Waals surface area contributed by atoms with E-state index >= 15 is 0 Å². The quantitative estimate of drug-likeness (QED) is 0.836. The molecule has 0 saturated heterocycles. The summed E-state index contributed by atoms with van der Waals surface area (Å²) in [5.41, 5.74) is 7.50. The maximum atomic E-state index is 10.6. The van der Waals surface area contributed by atoms with E-state index in [1.54, 1.807) is 24.3 Å². The number of halogens is 3. The lowest BCUT2D eigenvalue weighted by molar-refractivity contribution is -0.136. The van der Waals surface area contributed by atoms with E-state index in [-0.39, 0.29) is 17.3 Å². The van der Waals surface area contributed by atoms with Crippen molar-refractivity contribution in [3.8, 4) is 11.1 Å². The van der Waals surface area contributed by atoms with Gasteiger partial charge in [0.15, 0.2) is 0 Å². The van der Waals surface area contributed by atoms with E-state index in [1.807, 2.05) is 0 Å². The van der Waals surface area contributed by atoms with Crippen molar-refractivity contribution >= 4 is 46.6 Å². The highest BCUT2D eigenvalue weighted by Gasteiger charge is 2.11. The van der Waals surface area contributed by atoms with Gasteiger partial charge in [0.25, 0.3) is 0 Å². The number of carboxylic acids is 1. The van der Waals surface area contributed by atoms with E-state index in [9.17, 15) is 4.79 Å². The topological polar surface area (TPSA) is 76.2 Å².